The van der Waals surface area contributed by atoms with Crippen molar-refractivity contribution >= 4 is 34.8 Å². The molecule has 0 bridgehead atoms. The fourth-order valence-corrected chi connectivity index (χ4v) is 2.79. The van der Waals surface area contributed by atoms with Gasteiger partial charge in [-0.2, -0.15) is 0 Å². The minimum Gasteiger partial charge on any atom is -0.480 e. The largest absolute Gasteiger partial charge is 0.480 e. The molecule has 1 amide bonds. The molecule has 100 valence electrons. The molecule has 0 saturated heterocycles. The fourth-order valence-electron chi connectivity index (χ4n) is 1.61. The molecule has 18 heavy (non-hydrogen) atoms. The molecule has 0 radical (unpaired) electrons. The van der Waals surface area contributed by atoms with E-state index in [1.165, 1.54) is 18.3 Å². The summed E-state index contributed by atoms with van der Waals surface area (Å²) < 4.78 is 0. The molecular formula is C12H16ClNO3S. The number of carboxylic acids is 1. The lowest BCUT2D eigenvalue weighted by Gasteiger charge is -2.25. The number of nitrogens with one attached hydrogen (secondary N) is 1. The molecule has 1 rings (SSSR count). The van der Waals surface area contributed by atoms with Crippen molar-refractivity contribution in [1.82, 2.24) is 5.32 Å². The summed E-state index contributed by atoms with van der Waals surface area (Å²) in [7, 11) is 0. The minimum absolute atomic E-state index is 0.359. The van der Waals surface area contributed by atoms with E-state index in [9.17, 15) is 14.7 Å². The Morgan fingerprint density at radius 1 is 1.56 bits per heavy atom. The highest BCUT2D eigenvalue weighted by atomic mass is 35.5. The van der Waals surface area contributed by atoms with E-state index in [-0.39, 0.29) is 0 Å². The molecule has 4 nitrogen and oxygen atoms in total. The Morgan fingerprint density at radius 3 is 2.56 bits per heavy atom. The van der Waals surface area contributed by atoms with Crippen molar-refractivity contribution in [2.45, 2.75) is 39.2 Å². The molecule has 0 spiro atoms. The molecule has 0 aliphatic heterocycles. The van der Waals surface area contributed by atoms with Crippen LogP contribution in [0.5, 0.6) is 0 Å². The molecular weight excluding hydrogens is 274 g/mol. The second kappa shape index (κ2) is 5.71. The molecule has 1 aromatic rings. The van der Waals surface area contributed by atoms with Crippen LogP contribution in [0.4, 0.5) is 0 Å². The van der Waals surface area contributed by atoms with Crippen LogP contribution in [0.3, 0.4) is 0 Å². The van der Waals surface area contributed by atoms with Gasteiger partial charge in [0.1, 0.15) is 10.4 Å². The van der Waals surface area contributed by atoms with Gasteiger partial charge in [-0.1, -0.05) is 24.9 Å². The van der Waals surface area contributed by atoms with E-state index in [2.05, 4.69) is 5.32 Å². The lowest BCUT2D eigenvalue weighted by Crippen LogP contribution is -2.52. The lowest BCUT2D eigenvalue weighted by atomic mass is 9.96. The van der Waals surface area contributed by atoms with Gasteiger partial charge in [-0.25, -0.2) is 4.79 Å². The topological polar surface area (TPSA) is 66.4 Å². The lowest BCUT2D eigenvalue weighted by molar-refractivity contribution is -0.144. The Kier molecular flexibility index (Phi) is 4.76. The van der Waals surface area contributed by atoms with Gasteiger partial charge in [0.25, 0.3) is 5.91 Å². The van der Waals surface area contributed by atoms with Gasteiger partial charge in [-0.3, -0.25) is 4.79 Å². The summed E-state index contributed by atoms with van der Waals surface area (Å²) >= 11 is 7.21. The van der Waals surface area contributed by atoms with Crippen LogP contribution in [0, 0.1) is 6.92 Å². The first-order valence-corrected chi connectivity index (χ1v) is 6.87. The standard InChI is InChI=1S/C12H16ClNO3S/c1-4-5-12(3,11(16)17)14-10(15)9-8(13)7(2)6-18-9/h6H,4-5H2,1-3H3,(H,14,15)(H,16,17). The first-order chi connectivity index (χ1) is 8.31. The van der Waals surface area contributed by atoms with Gasteiger partial charge >= 0.3 is 5.97 Å². The van der Waals surface area contributed by atoms with Crippen molar-refractivity contribution in [2.75, 3.05) is 0 Å². The van der Waals surface area contributed by atoms with Gasteiger partial charge in [-0.15, -0.1) is 11.3 Å². The first-order valence-electron chi connectivity index (χ1n) is 5.61. The van der Waals surface area contributed by atoms with E-state index in [1.54, 1.807) is 12.3 Å². The smallest absolute Gasteiger partial charge is 0.329 e. The van der Waals surface area contributed by atoms with Crippen molar-refractivity contribution in [3.63, 3.8) is 0 Å². The molecule has 0 saturated carbocycles. The molecule has 0 aromatic carbocycles. The molecule has 6 heteroatoms. The highest BCUT2D eigenvalue weighted by Gasteiger charge is 2.34. The van der Waals surface area contributed by atoms with Crippen LogP contribution in [0.25, 0.3) is 0 Å². The molecule has 1 heterocycles. The average Bonchev–Trinajstić information content (AvgIpc) is 2.59. The summed E-state index contributed by atoms with van der Waals surface area (Å²) in [6.07, 6.45) is 1.04. The third-order valence-electron chi connectivity index (χ3n) is 2.72. The molecule has 0 fully saturated rings. The maximum absolute atomic E-state index is 12.0. The summed E-state index contributed by atoms with van der Waals surface area (Å²) in [5, 5.41) is 13.9. The Hall–Kier alpha value is -1.07. The van der Waals surface area contributed by atoms with Gasteiger partial charge < -0.3 is 10.4 Å². The van der Waals surface area contributed by atoms with E-state index in [1.807, 2.05) is 6.92 Å². The van der Waals surface area contributed by atoms with Crippen molar-refractivity contribution in [2.24, 2.45) is 0 Å². The summed E-state index contributed by atoms with van der Waals surface area (Å²) in [4.78, 5) is 23.6. The summed E-state index contributed by atoms with van der Waals surface area (Å²) in [5.74, 6) is -1.47. The third-order valence-corrected chi connectivity index (χ3v) is 4.41. The second-order valence-electron chi connectivity index (χ2n) is 4.40. The first kappa shape index (κ1) is 15.0. The molecule has 0 aliphatic carbocycles. The van der Waals surface area contributed by atoms with Crippen molar-refractivity contribution < 1.29 is 14.7 Å². The number of thiophene rings is 1. The summed E-state index contributed by atoms with van der Waals surface area (Å²) in [5.41, 5.74) is -0.438. The van der Waals surface area contributed by atoms with Gasteiger partial charge in [0.15, 0.2) is 0 Å². The van der Waals surface area contributed by atoms with E-state index in [0.29, 0.717) is 22.7 Å². The number of rotatable bonds is 5. The molecule has 0 aliphatic rings. The number of aryl methyl sites for hydroxylation is 1. The van der Waals surface area contributed by atoms with Crippen LogP contribution >= 0.6 is 22.9 Å². The predicted octanol–water partition coefficient (Wildman–Crippen LogP) is 3.08. The van der Waals surface area contributed by atoms with Crippen LogP contribution in [0.15, 0.2) is 5.38 Å². The highest BCUT2D eigenvalue weighted by Crippen LogP contribution is 2.27. The van der Waals surface area contributed by atoms with E-state index in [4.69, 9.17) is 11.6 Å². The Morgan fingerprint density at radius 2 is 2.17 bits per heavy atom. The van der Waals surface area contributed by atoms with Crippen molar-refractivity contribution in [1.29, 1.82) is 0 Å². The van der Waals surface area contributed by atoms with Gasteiger partial charge in [0, 0.05) is 0 Å². The Bertz CT molecular complexity index is 472. The third kappa shape index (κ3) is 3.03. The second-order valence-corrected chi connectivity index (χ2v) is 5.66. The van der Waals surface area contributed by atoms with Crippen LogP contribution in [0.2, 0.25) is 5.02 Å². The minimum atomic E-state index is -1.26. The van der Waals surface area contributed by atoms with Gasteiger partial charge in [0.2, 0.25) is 0 Å². The summed E-state index contributed by atoms with van der Waals surface area (Å²) in [6, 6.07) is 0. The molecule has 1 atom stereocenters. The zero-order valence-electron chi connectivity index (χ0n) is 10.5. The molecule has 1 aromatic heterocycles. The number of aliphatic carboxylic acids is 1. The van der Waals surface area contributed by atoms with Crippen LogP contribution in [-0.4, -0.2) is 22.5 Å². The van der Waals surface area contributed by atoms with Crippen LogP contribution in [-0.2, 0) is 4.79 Å². The van der Waals surface area contributed by atoms with Gasteiger partial charge in [-0.05, 0) is 31.2 Å². The predicted molar refractivity (Wildman–Crippen MR) is 72.5 cm³/mol. The molecule has 2 N–H and O–H groups in total. The Labute approximate surface area is 115 Å². The van der Waals surface area contributed by atoms with E-state index < -0.39 is 17.4 Å². The van der Waals surface area contributed by atoms with Crippen LogP contribution < -0.4 is 5.32 Å². The monoisotopic (exact) mass is 289 g/mol. The maximum Gasteiger partial charge on any atom is 0.329 e. The number of hydrogen-bond acceptors (Lipinski definition) is 3. The van der Waals surface area contributed by atoms with Crippen LogP contribution in [0.1, 0.15) is 41.9 Å². The number of hydrogen-bond donors (Lipinski definition) is 2. The van der Waals surface area contributed by atoms with Crippen molar-refractivity contribution in [3.8, 4) is 0 Å². The van der Waals surface area contributed by atoms with Crippen molar-refractivity contribution in [3.05, 3.63) is 20.8 Å². The highest BCUT2D eigenvalue weighted by molar-refractivity contribution is 7.13. The maximum atomic E-state index is 12.0. The average molecular weight is 290 g/mol. The number of carboxylic acid groups (broad SMARTS) is 1. The SMILES string of the molecule is CCCC(C)(NC(=O)c1scc(C)c1Cl)C(=O)O. The molecule has 1 unspecified atom stereocenters. The number of carbonyl (C=O) groups excluding carboxylic acids is 1. The quantitative estimate of drug-likeness (QED) is 0.875. The van der Waals surface area contributed by atoms with Gasteiger partial charge in [0.05, 0.1) is 5.02 Å². The number of carbonyl (C=O) groups is 2. The number of halogens is 1. The van der Waals surface area contributed by atoms with E-state index in [0.717, 1.165) is 5.56 Å². The Balaban J connectivity index is 2.92. The van der Waals surface area contributed by atoms with E-state index >= 15 is 0 Å². The zero-order chi connectivity index (χ0) is 13.9. The zero-order valence-corrected chi connectivity index (χ0v) is 12.1. The fraction of sp³-hybridized carbons (Fsp3) is 0.500. The summed E-state index contributed by atoms with van der Waals surface area (Å²) in [6.45, 7) is 5.18. The normalized spacial score (nSPS) is 14.0. The number of amides is 1.